The maximum Gasteiger partial charge on any atom is 0.472 e. The molecule has 27 heavy (non-hydrogen) atoms. The van der Waals surface area contributed by atoms with Gasteiger partial charge in [-0.1, -0.05) is 13.3 Å². The van der Waals surface area contributed by atoms with E-state index < -0.39 is 37.5 Å². The fourth-order valence-corrected chi connectivity index (χ4v) is 3.38. The summed E-state index contributed by atoms with van der Waals surface area (Å²) < 4.78 is 34.0. The minimum atomic E-state index is -4.16. The number of aromatic nitrogens is 2. The zero-order chi connectivity index (χ0) is 19.3. The number of ether oxygens (including phenoxy) is 2. The number of nitrogens with one attached hydrogen (secondary N) is 1. The number of aryl methyl sites for hydroxylation is 1. The number of rotatable bonds is 9. The van der Waals surface area contributed by atoms with Crippen molar-refractivity contribution >= 4 is 37.4 Å². The minimum Gasteiger partial charge on any atom is -0.377 e. The van der Waals surface area contributed by atoms with Gasteiger partial charge >= 0.3 is 13.5 Å². The molecule has 0 saturated carbocycles. The Morgan fingerprint density at radius 3 is 2.74 bits per heavy atom. The van der Waals surface area contributed by atoms with Gasteiger partial charge in [0.25, 0.3) is 5.56 Å². The van der Waals surface area contributed by atoms with E-state index in [4.69, 9.17) is 18.5 Å². The van der Waals surface area contributed by atoms with Gasteiger partial charge in [0.05, 0.1) is 19.3 Å². The van der Waals surface area contributed by atoms with Crippen molar-refractivity contribution in [2.45, 2.75) is 51.5 Å². The number of hydrogen-bond acceptors (Lipinski definition) is 7. The Morgan fingerprint density at radius 2 is 2.11 bits per heavy atom. The zero-order valence-corrected chi connectivity index (χ0v) is 18.9. The van der Waals surface area contributed by atoms with Crippen molar-refractivity contribution in [2.75, 3.05) is 20.3 Å². The van der Waals surface area contributed by atoms with Crippen molar-refractivity contribution in [3.63, 3.8) is 0 Å². The second-order valence-electron chi connectivity index (χ2n) is 6.09. The van der Waals surface area contributed by atoms with E-state index in [1.54, 1.807) is 6.92 Å². The average molecular weight is 415 g/mol. The van der Waals surface area contributed by atoms with Crippen molar-refractivity contribution in [3.8, 4) is 0 Å². The first-order valence-electron chi connectivity index (χ1n) is 8.39. The molecule has 2 heterocycles. The molecule has 1 aromatic rings. The molecular weight excluding hydrogens is 390 g/mol. The normalized spacial score (nSPS) is 24.4. The van der Waals surface area contributed by atoms with Gasteiger partial charge in [-0.2, -0.15) is 0 Å². The molecule has 0 spiro atoms. The Morgan fingerprint density at radius 1 is 1.41 bits per heavy atom. The van der Waals surface area contributed by atoms with Gasteiger partial charge in [0.2, 0.25) is 0 Å². The molecule has 0 aliphatic carbocycles. The van der Waals surface area contributed by atoms with Crippen LogP contribution >= 0.6 is 7.82 Å². The second kappa shape index (κ2) is 11.0. The van der Waals surface area contributed by atoms with E-state index in [-0.39, 0.29) is 42.8 Å². The van der Waals surface area contributed by atoms with Gasteiger partial charge < -0.3 is 14.4 Å². The first-order chi connectivity index (χ1) is 12.3. The summed E-state index contributed by atoms with van der Waals surface area (Å²) in [4.78, 5) is 35.4. The van der Waals surface area contributed by atoms with Crippen molar-refractivity contribution in [1.29, 1.82) is 0 Å². The van der Waals surface area contributed by atoms with Crippen LogP contribution in [0.2, 0.25) is 0 Å². The molecule has 12 heteroatoms. The summed E-state index contributed by atoms with van der Waals surface area (Å²) in [6.45, 7) is 3.45. The monoisotopic (exact) mass is 415 g/mol. The number of phosphoric acid groups is 1. The number of nitrogens with zero attached hydrogens (tertiary/aromatic N) is 1. The van der Waals surface area contributed by atoms with Crippen LogP contribution in [0.5, 0.6) is 0 Å². The van der Waals surface area contributed by atoms with Crippen LogP contribution in [0.25, 0.3) is 0 Å². The van der Waals surface area contributed by atoms with Crippen molar-refractivity contribution in [2.24, 2.45) is 0 Å². The smallest absolute Gasteiger partial charge is 0.377 e. The third-order valence-electron chi connectivity index (χ3n) is 4.04. The van der Waals surface area contributed by atoms with Gasteiger partial charge in [0, 0.05) is 54.8 Å². The van der Waals surface area contributed by atoms with Crippen LogP contribution in [0.4, 0.5) is 0 Å². The van der Waals surface area contributed by atoms with Crippen LogP contribution in [-0.4, -0.2) is 76.5 Å². The Balaban J connectivity index is 0.00000364. The van der Waals surface area contributed by atoms with E-state index in [0.717, 1.165) is 6.42 Å². The van der Waals surface area contributed by atoms with Crippen molar-refractivity contribution in [1.82, 2.24) is 9.55 Å². The van der Waals surface area contributed by atoms with Crippen LogP contribution in [0, 0.1) is 6.92 Å². The molecule has 4 atom stereocenters. The Labute approximate surface area is 179 Å². The fourth-order valence-electron chi connectivity index (χ4n) is 2.59. The SMILES string of the molecule is CCCCOP(=O)(O)OC[C@H]1C[C@@H](OC)[C@H](n2cc(C)c(=O)[nH]c2=O)O1.[Na]. The molecule has 0 aromatic carbocycles. The summed E-state index contributed by atoms with van der Waals surface area (Å²) in [7, 11) is -2.68. The standard InChI is InChI=1S/C15H25N2O8P.Na/c1-4-5-6-23-26(20,21)24-9-11-7-12(22-3)14(25-11)17-8-10(2)13(18)16-15(17)19;/h8,11-12,14H,4-7,9H2,1-3H3,(H,20,21)(H,16,18,19);/t11-,12-,14-;/m1./s1. The topological polar surface area (TPSA) is 129 Å². The van der Waals surface area contributed by atoms with Crippen molar-refractivity contribution in [3.05, 3.63) is 32.6 Å². The number of aromatic amines is 1. The third kappa shape index (κ3) is 6.92. The van der Waals surface area contributed by atoms with Crippen LogP contribution < -0.4 is 11.2 Å². The predicted octanol–water partition coefficient (Wildman–Crippen LogP) is 0.700. The molecule has 149 valence electrons. The molecule has 1 radical (unpaired) electrons. The van der Waals surface area contributed by atoms with E-state index in [2.05, 4.69) is 4.98 Å². The number of unbranched alkanes of at least 4 members (excludes halogenated alkanes) is 1. The summed E-state index contributed by atoms with van der Waals surface area (Å²) in [5.74, 6) is 0. The molecule has 1 aromatic heterocycles. The van der Waals surface area contributed by atoms with E-state index in [0.29, 0.717) is 18.4 Å². The quantitative estimate of drug-likeness (QED) is 0.343. The zero-order valence-electron chi connectivity index (χ0n) is 16.0. The Kier molecular flexibility index (Phi) is 10.1. The van der Waals surface area contributed by atoms with Crippen molar-refractivity contribution < 1.29 is 28.0 Å². The number of methoxy groups -OCH3 is 1. The number of hydrogen-bond donors (Lipinski definition) is 2. The minimum absolute atomic E-state index is 0. The van der Waals surface area contributed by atoms with Gasteiger partial charge in [-0.05, 0) is 13.3 Å². The molecule has 2 rings (SSSR count). The predicted molar refractivity (Wildman–Crippen MR) is 97.8 cm³/mol. The van der Waals surface area contributed by atoms with Crippen LogP contribution in [0.1, 0.15) is 38.0 Å². The van der Waals surface area contributed by atoms with Gasteiger partial charge in [-0.3, -0.25) is 23.4 Å². The third-order valence-corrected chi connectivity index (χ3v) is 5.03. The summed E-state index contributed by atoms with van der Waals surface area (Å²) in [5, 5.41) is 0. The number of H-pyrrole nitrogens is 1. The van der Waals surface area contributed by atoms with Gasteiger partial charge in [-0.25, -0.2) is 9.36 Å². The molecule has 1 unspecified atom stereocenters. The van der Waals surface area contributed by atoms with Gasteiger partial charge in [0.1, 0.15) is 6.10 Å². The summed E-state index contributed by atoms with van der Waals surface area (Å²) >= 11 is 0. The maximum absolute atomic E-state index is 12.0. The van der Waals surface area contributed by atoms with E-state index in [1.165, 1.54) is 17.9 Å². The first kappa shape index (κ1) is 24.7. The molecule has 1 saturated heterocycles. The Bertz CT molecular complexity index is 767. The molecule has 1 fully saturated rings. The summed E-state index contributed by atoms with van der Waals surface area (Å²) in [6, 6.07) is 0. The molecule has 0 amide bonds. The second-order valence-corrected chi connectivity index (χ2v) is 7.54. The molecule has 10 nitrogen and oxygen atoms in total. The largest absolute Gasteiger partial charge is 0.472 e. The first-order valence-corrected chi connectivity index (χ1v) is 9.89. The van der Waals surface area contributed by atoms with E-state index >= 15 is 0 Å². The molecule has 0 bridgehead atoms. The van der Waals surface area contributed by atoms with Crippen LogP contribution in [-0.2, 0) is 23.1 Å². The summed E-state index contributed by atoms with van der Waals surface area (Å²) in [6.07, 6.45) is 1.39. The molecule has 1 aliphatic rings. The average Bonchev–Trinajstić information content (AvgIpc) is 3.00. The fraction of sp³-hybridized carbons (Fsp3) is 0.733. The maximum atomic E-state index is 12.0. The van der Waals surface area contributed by atoms with E-state index in [9.17, 15) is 19.0 Å². The molecular formula is C15H25N2NaO8P. The van der Waals surface area contributed by atoms with Crippen LogP contribution in [0.15, 0.2) is 15.8 Å². The Hall–Kier alpha value is -0.290. The molecule has 2 N–H and O–H groups in total. The number of phosphoric ester groups is 1. The summed E-state index contributed by atoms with van der Waals surface area (Å²) in [5.41, 5.74) is -0.736. The van der Waals surface area contributed by atoms with E-state index in [1.807, 2.05) is 6.92 Å². The molecule has 1 aliphatic heterocycles. The van der Waals surface area contributed by atoms with Gasteiger partial charge in [-0.15, -0.1) is 0 Å². The van der Waals surface area contributed by atoms with Crippen LogP contribution in [0.3, 0.4) is 0 Å². The van der Waals surface area contributed by atoms with Gasteiger partial charge in [0.15, 0.2) is 6.23 Å².